The minimum atomic E-state index is 0.00336. The second kappa shape index (κ2) is 5.43. The number of anilines is 1. The lowest BCUT2D eigenvalue weighted by atomic mass is 10.0. The number of amides is 1. The highest BCUT2D eigenvalue weighted by Crippen LogP contribution is 2.60. The Morgan fingerprint density at radius 3 is 2.90 bits per heavy atom. The number of hydrogen-bond donors (Lipinski definition) is 2. The molecular formula is C16H23N3O. The van der Waals surface area contributed by atoms with E-state index in [1.165, 1.54) is 25.7 Å². The molecule has 4 heteroatoms. The molecule has 0 atom stereocenters. The van der Waals surface area contributed by atoms with E-state index in [0.29, 0.717) is 16.8 Å². The Kier molecular flexibility index (Phi) is 3.64. The molecule has 2 saturated carbocycles. The van der Waals surface area contributed by atoms with Crippen LogP contribution in [-0.4, -0.2) is 24.0 Å². The van der Waals surface area contributed by atoms with Crippen molar-refractivity contribution in [2.24, 2.45) is 11.3 Å². The first kappa shape index (κ1) is 13.4. The zero-order chi connectivity index (χ0) is 14.0. The van der Waals surface area contributed by atoms with E-state index in [4.69, 9.17) is 0 Å². The first-order chi connectivity index (χ1) is 9.75. The highest BCUT2D eigenvalue weighted by atomic mass is 16.1. The lowest BCUT2D eigenvalue weighted by molar-refractivity contribution is 0.0943. The van der Waals surface area contributed by atoms with Crippen LogP contribution >= 0.6 is 0 Å². The van der Waals surface area contributed by atoms with E-state index < -0.39 is 0 Å². The maximum absolute atomic E-state index is 12.4. The molecule has 0 saturated heterocycles. The lowest BCUT2D eigenvalue weighted by Crippen LogP contribution is -2.31. The van der Waals surface area contributed by atoms with E-state index in [-0.39, 0.29) is 5.91 Å². The number of nitrogens with zero attached hydrogens (tertiary/aromatic N) is 1. The van der Waals surface area contributed by atoms with Gasteiger partial charge in [0.05, 0.1) is 5.56 Å². The zero-order valence-electron chi connectivity index (χ0n) is 12.1. The molecule has 0 bridgehead atoms. The minimum Gasteiger partial charge on any atom is -0.369 e. The maximum Gasteiger partial charge on any atom is 0.255 e. The molecule has 2 aliphatic carbocycles. The SMILES string of the molecule is CCCNc1ncccc1C(=O)NCC1(C2CC2)CC1. The van der Waals surface area contributed by atoms with Crippen LogP contribution in [0.2, 0.25) is 0 Å². The first-order valence-corrected chi connectivity index (χ1v) is 7.72. The third-order valence-corrected chi connectivity index (χ3v) is 4.53. The molecule has 0 aliphatic heterocycles. The Hall–Kier alpha value is -1.58. The smallest absolute Gasteiger partial charge is 0.255 e. The second-order valence-corrected chi connectivity index (χ2v) is 6.15. The van der Waals surface area contributed by atoms with E-state index in [9.17, 15) is 4.79 Å². The maximum atomic E-state index is 12.4. The largest absolute Gasteiger partial charge is 0.369 e. The molecule has 3 rings (SSSR count). The fourth-order valence-electron chi connectivity index (χ4n) is 2.91. The molecule has 0 unspecified atom stereocenters. The number of nitrogens with one attached hydrogen (secondary N) is 2. The summed E-state index contributed by atoms with van der Waals surface area (Å²) in [6.45, 7) is 3.77. The predicted octanol–water partition coefficient (Wildman–Crippen LogP) is 2.82. The van der Waals surface area contributed by atoms with Gasteiger partial charge in [-0.15, -0.1) is 0 Å². The quantitative estimate of drug-likeness (QED) is 0.803. The number of aromatic nitrogens is 1. The fourth-order valence-corrected chi connectivity index (χ4v) is 2.91. The van der Waals surface area contributed by atoms with Gasteiger partial charge >= 0.3 is 0 Å². The van der Waals surface area contributed by atoms with Gasteiger partial charge in [-0.3, -0.25) is 4.79 Å². The highest BCUT2D eigenvalue weighted by molar-refractivity contribution is 5.98. The van der Waals surface area contributed by atoms with Gasteiger partial charge in [-0.05, 0) is 55.6 Å². The molecule has 1 aromatic heterocycles. The van der Waals surface area contributed by atoms with Gasteiger partial charge in [0.1, 0.15) is 5.82 Å². The van der Waals surface area contributed by atoms with Crippen LogP contribution in [-0.2, 0) is 0 Å². The molecule has 20 heavy (non-hydrogen) atoms. The summed E-state index contributed by atoms with van der Waals surface area (Å²) in [4.78, 5) is 16.6. The average Bonchev–Trinajstić information content (AvgIpc) is 3.35. The molecule has 2 fully saturated rings. The van der Waals surface area contributed by atoms with Crippen LogP contribution in [0.3, 0.4) is 0 Å². The summed E-state index contributed by atoms with van der Waals surface area (Å²) in [6.07, 6.45) is 8.01. The summed E-state index contributed by atoms with van der Waals surface area (Å²) in [5, 5.41) is 6.34. The van der Waals surface area contributed by atoms with Gasteiger partial charge in [0.15, 0.2) is 0 Å². The standard InChI is InChI=1S/C16H23N3O/c1-2-9-17-14-13(4-3-10-18-14)15(20)19-11-16(7-8-16)12-5-6-12/h3-4,10,12H,2,5-9,11H2,1H3,(H,17,18)(H,19,20). The Morgan fingerprint density at radius 2 is 2.25 bits per heavy atom. The van der Waals surface area contributed by atoms with Gasteiger partial charge in [-0.1, -0.05) is 6.92 Å². The van der Waals surface area contributed by atoms with Gasteiger partial charge in [-0.2, -0.15) is 0 Å². The molecule has 108 valence electrons. The molecule has 2 N–H and O–H groups in total. The topological polar surface area (TPSA) is 54.0 Å². The van der Waals surface area contributed by atoms with Gasteiger partial charge in [0.25, 0.3) is 5.91 Å². The summed E-state index contributed by atoms with van der Waals surface area (Å²) < 4.78 is 0. The van der Waals surface area contributed by atoms with Crippen molar-refractivity contribution in [3.63, 3.8) is 0 Å². The summed E-state index contributed by atoms with van der Waals surface area (Å²) in [5.74, 6) is 1.57. The Balaban J connectivity index is 1.61. The molecule has 0 spiro atoms. The van der Waals surface area contributed by atoms with Gasteiger partial charge in [-0.25, -0.2) is 4.98 Å². The van der Waals surface area contributed by atoms with Crippen molar-refractivity contribution in [2.45, 2.75) is 39.0 Å². The third-order valence-electron chi connectivity index (χ3n) is 4.53. The van der Waals surface area contributed by atoms with Crippen molar-refractivity contribution in [1.82, 2.24) is 10.3 Å². The van der Waals surface area contributed by atoms with Crippen molar-refractivity contribution < 1.29 is 4.79 Å². The van der Waals surface area contributed by atoms with Gasteiger partial charge < -0.3 is 10.6 Å². The third kappa shape index (κ3) is 2.79. The first-order valence-electron chi connectivity index (χ1n) is 7.72. The number of carbonyl (C=O) groups excluding carboxylic acids is 1. The van der Waals surface area contributed by atoms with Crippen LogP contribution in [0.1, 0.15) is 49.4 Å². The van der Waals surface area contributed by atoms with E-state index in [1.54, 1.807) is 6.20 Å². The zero-order valence-corrected chi connectivity index (χ0v) is 12.1. The average molecular weight is 273 g/mol. The second-order valence-electron chi connectivity index (χ2n) is 6.15. The lowest BCUT2D eigenvalue weighted by Gasteiger charge is -2.16. The summed E-state index contributed by atoms with van der Waals surface area (Å²) >= 11 is 0. The van der Waals surface area contributed by atoms with E-state index in [2.05, 4.69) is 22.5 Å². The van der Waals surface area contributed by atoms with Crippen molar-refractivity contribution in [3.05, 3.63) is 23.9 Å². The number of hydrogen-bond acceptors (Lipinski definition) is 3. The predicted molar refractivity (Wildman–Crippen MR) is 79.7 cm³/mol. The Labute approximate surface area is 120 Å². The van der Waals surface area contributed by atoms with Crippen molar-refractivity contribution in [3.8, 4) is 0 Å². The van der Waals surface area contributed by atoms with E-state index in [0.717, 1.165) is 25.4 Å². The van der Waals surface area contributed by atoms with E-state index in [1.807, 2.05) is 12.1 Å². The Morgan fingerprint density at radius 1 is 1.45 bits per heavy atom. The van der Waals surface area contributed by atoms with Gasteiger partial charge in [0, 0.05) is 19.3 Å². The van der Waals surface area contributed by atoms with Crippen LogP contribution in [0, 0.1) is 11.3 Å². The highest BCUT2D eigenvalue weighted by Gasteiger charge is 2.53. The summed E-state index contributed by atoms with van der Waals surface area (Å²) in [6, 6.07) is 3.66. The van der Waals surface area contributed by atoms with Crippen LogP contribution in [0.15, 0.2) is 18.3 Å². The normalized spacial score (nSPS) is 19.4. The van der Waals surface area contributed by atoms with Crippen LogP contribution in [0.5, 0.6) is 0 Å². The number of carbonyl (C=O) groups is 1. The molecule has 0 aromatic carbocycles. The summed E-state index contributed by atoms with van der Waals surface area (Å²) in [5.41, 5.74) is 1.10. The van der Waals surface area contributed by atoms with Crippen molar-refractivity contribution >= 4 is 11.7 Å². The van der Waals surface area contributed by atoms with Gasteiger partial charge in [0.2, 0.25) is 0 Å². The molecule has 1 amide bonds. The summed E-state index contributed by atoms with van der Waals surface area (Å²) in [7, 11) is 0. The van der Waals surface area contributed by atoms with Crippen LogP contribution in [0.4, 0.5) is 5.82 Å². The number of pyridine rings is 1. The molecule has 2 aliphatic rings. The monoisotopic (exact) mass is 273 g/mol. The minimum absolute atomic E-state index is 0.00336. The van der Waals surface area contributed by atoms with Crippen molar-refractivity contribution in [2.75, 3.05) is 18.4 Å². The van der Waals surface area contributed by atoms with Crippen molar-refractivity contribution in [1.29, 1.82) is 0 Å². The molecular weight excluding hydrogens is 250 g/mol. The molecule has 1 heterocycles. The fraction of sp³-hybridized carbons (Fsp3) is 0.625. The number of rotatable bonds is 7. The van der Waals surface area contributed by atoms with Crippen LogP contribution in [0.25, 0.3) is 0 Å². The molecule has 1 aromatic rings. The van der Waals surface area contributed by atoms with E-state index >= 15 is 0 Å². The Bertz CT molecular complexity index is 492. The molecule has 4 nitrogen and oxygen atoms in total. The molecule has 0 radical (unpaired) electrons. The van der Waals surface area contributed by atoms with Crippen LogP contribution < -0.4 is 10.6 Å².